The number of nitrogens with two attached hydrogens (primary N) is 1. The summed E-state index contributed by atoms with van der Waals surface area (Å²) in [6.07, 6.45) is 0. The van der Waals surface area contributed by atoms with E-state index in [0.717, 1.165) is 28.1 Å². The summed E-state index contributed by atoms with van der Waals surface area (Å²) in [6.45, 7) is 0.564. The molecule has 0 spiro atoms. The number of para-hydroxylation sites is 1. The first-order valence-corrected chi connectivity index (χ1v) is 8.63. The predicted octanol–water partition coefficient (Wildman–Crippen LogP) is 3.80. The number of hydrogen-bond acceptors (Lipinski definition) is 4. The van der Waals surface area contributed by atoms with Crippen molar-refractivity contribution in [2.75, 3.05) is 20.0 Å². The number of methoxy groups -OCH3 is 2. The van der Waals surface area contributed by atoms with Gasteiger partial charge in [0.2, 0.25) is 0 Å². The highest BCUT2D eigenvalue weighted by molar-refractivity contribution is 5.94. The van der Waals surface area contributed by atoms with Crippen molar-refractivity contribution < 1.29 is 9.47 Å². The average Bonchev–Trinajstić information content (AvgIpc) is 2.70. The molecule has 4 aromatic rings. The lowest BCUT2D eigenvalue weighted by atomic mass is 10.1. The molecule has 0 radical (unpaired) electrons. The zero-order valence-corrected chi connectivity index (χ0v) is 15.2. The first-order chi connectivity index (χ1) is 13.1. The summed E-state index contributed by atoms with van der Waals surface area (Å²) < 4.78 is 12.9. The highest BCUT2D eigenvalue weighted by atomic mass is 16.5. The summed E-state index contributed by atoms with van der Waals surface area (Å²) in [5.41, 5.74) is 9.23. The normalized spacial score (nSPS) is 11.0. The average molecular weight is 360 g/mol. The van der Waals surface area contributed by atoms with Gasteiger partial charge in [-0.15, -0.1) is 0 Å². The highest BCUT2D eigenvalue weighted by Gasteiger charge is 2.12. The van der Waals surface area contributed by atoms with E-state index in [9.17, 15) is 4.79 Å². The van der Waals surface area contributed by atoms with Crippen LogP contribution in [0.25, 0.3) is 21.8 Å². The number of anilines is 1. The molecule has 5 heteroatoms. The molecule has 0 aliphatic rings. The SMILES string of the molecule is COc1cc(Cn2c3ccccc3c(=O)c3cc(N)ccc32)cc(OC)c1. The zero-order chi connectivity index (χ0) is 19.0. The Labute approximate surface area is 156 Å². The van der Waals surface area contributed by atoms with Crippen LogP contribution in [0.2, 0.25) is 0 Å². The van der Waals surface area contributed by atoms with E-state index in [1.54, 1.807) is 20.3 Å². The maximum absolute atomic E-state index is 12.9. The van der Waals surface area contributed by atoms with Gasteiger partial charge in [-0.3, -0.25) is 4.79 Å². The van der Waals surface area contributed by atoms with Gasteiger partial charge in [0.25, 0.3) is 0 Å². The van der Waals surface area contributed by atoms with E-state index in [4.69, 9.17) is 15.2 Å². The van der Waals surface area contributed by atoms with Gasteiger partial charge < -0.3 is 19.8 Å². The molecule has 1 heterocycles. The summed E-state index contributed by atoms with van der Waals surface area (Å²) in [6, 6.07) is 18.9. The van der Waals surface area contributed by atoms with Crippen molar-refractivity contribution in [3.05, 3.63) is 76.5 Å². The minimum atomic E-state index is -0.00706. The van der Waals surface area contributed by atoms with Crippen molar-refractivity contribution in [2.24, 2.45) is 0 Å². The second-order valence-corrected chi connectivity index (χ2v) is 6.43. The first-order valence-electron chi connectivity index (χ1n) is 8.63. The Bertz CT molecular complexity index is 1190. The van der Waals surface area contributed by atoms with Crippen molar-refractivity contribution in [1.82, 2.24) is 4.57 Å². The molecular formula is C22H20N2O3. The van der Waals surface area contributed by atoms with Gasteiger partial charge in [0.05, 0.1) is 25.3 Å². The van der Waals surface area contributed by atoms with Gasteiger partial charge in [-0.2, -0.15) is 0 Å². The number of aromatic nitrogens is 1. The topological polar surface area (TPSA) is 66.5 Å². The van der Waals surface area contributed by atoms with Crippen LogP contribution in [0.15, 0.2) is 65.5 Å². The number of rotatable bonds is 4. The monoisotopic (exact) mass is 360 g/mol. The number of benzene rings is 3. The summed E-state index contributed by atoms with van der Waals surface area (Å²) in [4.78, 5) is 12.9. The third-order valence-corrected chi connectivity index (χ3v) is 4.75. The van der Waals surface area contributed by atoms with Crippen LogP contribution in [-0.2, 0) is 6.54 Å². The third-order valence-electron chi connectivity index (χ3n) is 4.75. The van der Waals surface area contributed by atoms with Crippen LogP contribution >= 0.6 is 0 Å². The fourth-order valence-corrected chi connectivity index (χ4v) is 3.46. The van der Waals surface area contributed by atoms with Crippen LogP contribution in [0.1, 0.15) is 5.56 Å². The van der Waals surface area contributed by atoms with Crippen LogP contribution in [0, 0.1) is 0 Å². The minimum Gasteiger partial charge on any atom is -0.497 e. The number of nitrogens with zero attached hydrogens (tertiary/aromatic N) is 1. The smallest absolute Gasteiger partial charge is 0.197 e. The standard InChI is InChI=1S/C22H20N2O3/c1-26-16-9-14(10-17(12-16)27-2)13-24-20-6-4-3-5-18(20)22(25)19-11-15(23)7-8-21(19)24/h3-12H,13,23H2,1-2H3. The molecule has 0 bridgehead atoms. The number of fused-ring (bicyclic) bond motifs is 2. The van der Waals surface area contributed by atoms with Gasteiger partial charge >= 0.3 is 0 Å². The molecule has 0 amide bonds. The fourth-order valence-electron chi connectivity index (χ4n) is 3.46. The molecule has 0 aliphatic carbocycles. The Morgan fingerprint density at radius 1 is 0.852 bits per heavy atom. The predicted molar refractivity (Wildman–Crippen MR) is 109 cm³/mol. The Hall–Kier alpha value is -3.47. The largest absolute Gasteiger partial charge is 0.497 e. The van der Waals surface area contributed by atoms with Crippen LogP contribution in [-0.4, -0.2) is 18.8 Å². The van der Waals surface area contributed by atoms with Crippen LogP contribution < -0.4 is 20.6 Å². The maximum Gasteiger partial charge on any atom is 0.197 e. The second-order valence-electron chi connectivity index (χ2n) is 6.43. The van der Waals surface area contributed by atoms with Crippen molar-refractivity contribution in [2.45, 2.75) is 6.54 Å². The number of hydrogen-bond donors (Lipinski definition) is 1. The second kappa shape index (κ2) is 6.68. The fraction of sp³-hybridized carbons (Fsp3) is 0.136. The van der Waals surface area contributed by atoms with Crippen LogP contribution in [0.4, 0.5) is 5.69 Å². The minimum absolute atomic E-state index is 0.00706. The van der Waals surface area contributed by atoms with Crippen molar-refractivity contribution >= 4 is 27.5 Å². The van der Waals surface area contributed by atoms with Crippen molar-refractivity contribution in [3.63, 3.8) is 0 Å². The zero-order valence-electron chi connectivity index (χ0n) is 15.2. The van der Waals surface area contributed by atoms with Gasteiger partial charge in [-0.25, -0.2) is 0 Å². The van der Waals surface area contributed by atoms with E-state index in [-0.39, 0.29) is 5.43 Å². The third kappa shape index (κ3) is 2.97. The summed E-state index contributed by atoms with van der Waals surface area (Å²) >= 11 is 0. The Morgan fingerprint density at radius 3 is 2.22 bits per heavy atom. The Kier molecular flexibility index (Phi) is 4.20. The molecule has 0 saturated heterocycles. The van der Waals surface area contributed by atoms with Crippen LogP contribution in [0.5, 0.6) is 11.5 Å². The van der Waals surface area contributed by atoms with Gasteiger partial charge in [-0.05, 0) is 48.0 Å². The van der Waals surface area contributed by atoms with Gasteiger partial charge in [0.1, 0.15) is 11.5 Å². The highest BCUT2D eigenvalue weighted by Crippen LogP contribution is 2.26. The summed E-state index contributed by atoms with van der Waals surface area (Å²) in [5, 5.41) is 1.29. The maximum atomic E-state index is 12.9. The lowest BCUT2D eigenvalue weighted by molar-refractivity contribution is 0.393. The van der Waals surface area contributed by atoms with E-state index in [1.165, 1.54) is 0 Å². The molecule has 0 aliphatic heterocycles. The summed E-state index contributed by atoms with van der Waals surface area (Å²) in [5.74, 6) is 1.45. The van der Waals surface area contributed by atoms with Gasteiger partial charge in [0.15, 0.2) is 5.43 Å². The van der Waals surface area contributed by atoms with Gasteiger partial charge in [-0.1, -0.05) is 12.1 Å². The number of nitrogen functional groups attached to an aromatic ring is 1. The molecule has 136 valence electrons. The molecular weight excluding hydrogens is 340 g/mol. The Morgan fingerprint density at radius 2 is 1.52 bits per heavy atom. The molecule has 2 N–H and O–H groups in total. The molecule has 27 heavy (non-hydrogen) atoms. The van der Waals surface area contributed by atoms with Crippen LogP contribution in [0.3, 0.4) is 0 Å². The molecule has 0 unspecified atom stereocenters. The molecule has 0 saturated carbocycles. The molecule has 3 aromatic carbocycles. The van der Waals surface area contributed by atoms with E-state index < -0.39 is 0 Å². The number of pyridine rings is 1. The number of ether oxygens (including phenoxy) is 2. The van der Waals surface area contributed by atoms with E-state index >= 15 is 0 Å². The van der Waals surface area contributed by atoms with Crippen molar-refractivity contribution in [3.8, 4) is 11.5 Å². The first kappa shape index (κ1) is 17.0. The molecule has 5 nitrogen and oxygen atoms in total. The van der Waals surface area contributed by atoms with Gasteiger partial charge in [0, 0.05) is 29.1 Å². The molecule has 0 atom stereocenters. The molecule has 0 fully saturated rings. The van der Waals surface area contributed by atoms with Crippen molar-refractivity contribution in [1.29, 1.82) is 0 Å². The Balaban J connectivity index is 2.00. The quantitative estimate of drug-likeness (QED) is 0.444. The van der Waals surface area contributed by atoms with E-state index in [0.29, 0.717) is 23.0 Å². The molecule has 1 aromatic heterocycles. The molecule has 4 rings (SSSR count). The van der Waals surface area contributed by atoms with E-state index in [2.05, 4.69) is 4.57 Å². The summed E-state index contributed by atoms with van der Waals surface area (Å²) in [7, 11) is 3.26. The van der Waals surface area contributed by atoms with E-state index in [1.807, 2.05) is 54.6 Å². The lowest BCUT2D eigenvalue weighted by Crippen LogP contribution is -2.12. The lowest BCUT2D eigenvalue weighted by Gasteiger charge is -2.16.